The van der Waals surface area contributed by atoms with Crippen LogP contribution in [0.25, 0.3) is 0 Å². The lowest BCUT2D eigenvalue weighted by Crippen LogP contribution is -2.51. The van der Waals surface area contributed by atoms with Gasteiger partial charge in [0.2, 0.25) is 5.91 Å². The molecular weight excluding hydrogens is 385 g/mol. The predicted octanol–water partition coefficient (Wildman–Crippen LogP) is 3.49. The minimum atomic E-state index is -4.47. The van der Waals surface area contributed by atoms with E-state index in [2.05, 4.69) is 10.6 Å². The van der Waals surface area contributed by atoms with E-state index >= 15 is 0 Å². The summed E-state index contributed by atoms with van der Waals surface area (Å²) in [7, 11) is 0. The number of para-hydroxylation sites is 1. The average Bonchev–Trinajstić information content (AvgIpc) is 2.69. The number of benzene rings is 2. The number of urea groups is 1. The average molecular weight is 406 g/mol. The maximum Gasteiger partial charge on any atom is 0.416 e. The topological polar surface area (TPSA) is 64.7 Å². The van der Waals surface area contributed by atoms with Crippen LogP contribution in [0.4, 0.5) is 29.3 Å². The number of nitrogens with one attached hydrogen (secondary N) is 2. The lowest BCUT2D eigenvalue weighted by molar-refractivity contribution is -0.137. The largest absolute Gasteiger partial charge is 0.416 e. The molecule has 0 aliphatic carbocycles. The summed E-state index contributed by atoms with van der Waals surface area (Å²) in [4.78, 5) is 27.9. The van der Waals surface area contributed by atoms with E-state index in [1.807, 2.05) is 23.1 Å². The second-order valence-electron chi connectivity index (χ2n) is 6.69. The molecule has 0 aromatic heterocycles. The van der Waals surface area contributed by atoms with Crippen LogP contribution in [0.1, 0.15) is 5.56 Å². The van der Waals surface area contributed by atoms with E-state index in [1.54, 1.807) is 12.1 Å². The first-order valence-corrected chi connectivity index (χ1v) is 9.12. The third kappa shape index (κ3) is 5.95. The number of carbonyl (C=O) groups excluding carboxylic acids is 2. The Morgan fingerprint density at radius 1 is 0.862 bits per heavy atom. The molecule has 0 atom stereocenters. The number of hydrogen-bond donors (Lipinski definition) is 2. The van der Waals surface area contributed by atoms with Gasteiger partial charge in [0.25, 0.3) is 0 Å². The smallest absolute Gasteiger partial charge is 0.325 e. The summed E-state index contributed by atoms with van der Waals surface area (Å²) in [6.07, 6.45) is -4.47. The molecule has 2 aromatic carbocycles. The van der Waals surface area contributed by atoms with E-state index in [0.29, 0.717) is 26.2 Å². The second-order valence-corrected chi connectivity index (χ2v) is 6.69. The highest BCUT2D eigenvalue weighted by atomic mass is 19.4. The molecule has 0 unspecified atom stereocenters. The van der Waals surface area contributed by atoms with E-state index in [4.69, 9.17) is 0 Å². The van der Waals surface area contributed by atoms with E-state index in [1.165, 1.54) is 17.0 Å². The first-order valence-electron chi connectivity index (χ1n) is 9.12. The van der Waals surface area contributed by atoms with E-state index in [-0.39, 0.29) is 18.1 Å². The number of piperazine rings is 1. The summed E-state index contributed by atoms with van der Waals surface area (Å²) in [6, 6.07) is 13.2. The highest BCUT2D eigenvalue weighted by Crippen LogP contribution is 2.30. The van der Waals surface area contributed by atoms with Crippen LogP contribution in [0, 0.1) is 0 Å². The number of anilines is 2. The van der Waals surface area contributed by atoms with Crippen LogP contribution >= 0.6 is 0 Å². The molecule has 3 amide bonds. The van der Waals surface area contributed by atoms with Crippen LogP contribution < -0.4 is 10.6 Å². The standard InChI is InChI=1S/C20H21F3N4O2/c21-20(22,23)15-5-4-8-17(13-15)25-19(29)27-11-9-26(10-12-27)14-18(28)24-16-6-2-1-3-7-16/h1-8,13H,9-12,14H2,(H,24,28)(H,25,29). The molecule has 0 bridgehead atoms. The van der Waals surface area contributed by atoms with Gasteiger partial charge in [0.15, 0.2) is 0 Å². The molecule has 0 radical (unpaired) electrons. The molecular formula is C20H21F3N4O2. The molecule has 0 saturated carbocycles. The first kappa shape index (κ1) is 20.7. The van der Waals surface area contributed by atoms with Crippen molar-refractivity contribution in [1.82, 2.24) is 9.80 Å². The fourth-order valence-electron chi connectivity index (χ4n) is 3.01. The summed E-state index contributed by atoms with van der Waals surface area (Å²) >= 11 is 0. The summed E-state index contributed by atoms with van der Waals surface area (Å²) in [5.41, 5.74) is -0.00404. The zero-order chi connectivity index (χ0) is 20.9. The Labute approximate surface area is 166 Å². The van der Waals surface area contributed by atoms with Crippen molar-refractivity contribution in [2.45, 2.75) is 6.18 Å². The molecule has 1 heterocycles. The summed E-state index contributed by atoms with van der Waals surface area (Å²) in [6.45, 7) is 1.96. The van der Waals surface area contributed by atoms with Crippen molar-refractivity contribution in [1.29, 1.82) is 0 Å². The van der Waals surface area contributed by atoms with Crippen molar-refractivity contribution >= 4 is 23.3 Å². The van der Waals surface area contributed by atoms with Gasteiger partial charge in [-0.1, -0.05) is 24.3 Å². The molecule has 1 aliphatic heterocycles. The van der Waals surface area contributed by atoms with Gasteiger partial charge in [-0.3, -0.25) is 9.69 Å². The third-order valence-electron chi connectivity index (χ3n) is 4.53. The number of alkyl halides is 3. The maximum atomic E-state index is 12.8. The fraction of sp³-hybridized carbons (Fsp3) is 0.300. The van der Waals surface area contributed by atoms with Crippen molar-refractivity contribution in [3.05, 3.63) is 60.2 Å². The Bertz CT molecular complexity index is 850. The number of rotatable bonds is 4. The highest BCUT2D eigenvalue weighted by molar-refractivity contribution is 5.92. The monoisotopic (exact) mass is 406 g/mol. The number of nitrogens with zero attached hydrogens (tertiary/aromatic N) is 2. The molecule has 0 spiro atoms. The molecule has 6 nitrogen and oxygen atoms in total. The molecule has 1 saturated heterocycles. The van der Waals surface area contributed by atoms with E-state index in [0.717, 1.165) is 17.8 Å². The minimum Gasteiger partial charge on any atom is -0.325 e. The van der Waals surface area contributed by atoms with Gasteiger partial charge >= 0.3 is 12.2 Å². The molecule has 2 aromatic rings. The first-order chi connectivity index (χ1) is 13.8. The van der Waals surface area contributed by atoms with Gasteiger partial charge in [0, 0.05) is 37.6 Å². The zero-order valence-electron chi connectivity index (χ0n) is 15.6. The van der Waals surface area contributed by atoms with Gasteiger partial charge in [-0.15, -0.1) is 0 Å². The van der Waals surface area contributed by atoms with Crippen LogP contribution in [0.2, 0.25) is 0 Å². The van der Waals surface area contributed by atoms with Crippen LogP contribution in [0.15, 0.2) is 54.6 Å². The zero-order valence-corrected chi connectivity index (χ0v) is 15.6. The molecule has 9 heteroatoms. The summed E-state index contributed by atoms with van der Waals surface area (Å²) in [5.74, 6) is -0.141. The Hall–Kier alpha value is -3.07. The van der Waals surface area contributed by atoms with E-state index < -0.39 is 17.8 Å². The van der Waals surface area contributed by atoms with Crippen molar-refractivity contribution in [2.75, 3.05) is 43.4 Å². The van der Waals surface area contributed by atoms with Crippen LogP contribution in [0.5, 0.6) is 0 Å². The number of hydrogen-bond acceptors (Lipinski definition) is 3. The number of amides is 3. The van der Waals surface area contributed by atoms with Gasteiger partial charge in [-0.2, -0.15) is 13.2 Å². The van der Waals surface area contributed by atoms with Gasteiger partial charge in [-0.25, -0.2) is 4.79 Å². The van der Waals surface area contributed by atoms with Crippen molar-refractivity contribution < 1.29 is 22.8 Å². The van der Waals surface area contributed by atoms with Gasteiger partial charge < -0.3 is 15.5 Å². The fourth-order valence-corrected chi connectivity index (χ4v) is 3.01. The van der Waals surface area contributed by atoms with Crippen LogP contribution in [-0.4, -0.2) is 54.5 Å². The molecule has 1 fully saturated rings. The van der Waals surface area contributed by atoms with Gasteiger partial charge in [0.1, 0.15) is 0 Å². The Balaban J connectivity index is 1.46. The Kier molecular flexibility index (Phi) is 6.38. The van der Waals surface area contributed by atoms with Crippen molar-refractivity contribution in [3.8, 4) is 0 Å². The van der Waals surface area contributed by atoms with Crippen LogP contribution in [0.3, 0.4) is 0 Å². The molecule has 29 heavy (non-hydrogen) atoms. The molecule has 3 rings (SSSR count). The second kappa shape index (κ2) is 8.95. The lowest BCUT2D eigenvalue weighted by atomic mass is 10.2. The highest BCUT2D eigenvalue weighted by Gasteiger charge is 2.30. The van der Waals surface area contributed by atoms with Crippen molar-refractivity contribution in [2.24, 2.45) is 0 Å². The van der Waals surface area contributed by atoms with Crippen LogP contribution in [-0.2, 0) is 11.0 Å². The predicted molar refractivity (Wildman–Crippen MR) is 104 cm³/mol. The summed E-state index contributed by atoms with van der Waals surface area (Å²) < 4.78 is 38.4. The quantitative estimate of drug-likeness (QED) is 0.817. The number of carbonyl (C=O) groups is 2. The normalized spacial score (nSPS) is 15.1. The SMILES string of the molecule is O=C(CN1CCN(C(=O)Nc2cccc(C(F)(F)F)c2)CC1)Nc1ccccc1. The summed E-state index contributed by atoms with van der Waals surface area (Å²) in [5, 5.41) is 5.31. The molecule has 1 aliphatic rings. The van der Waals surface area contributed by atoms with Gasteiger partial charge in [0.05, 0.1) is 12.1 Å². The molecule has 154 valence electrons. The Morgan fingerprint density at radius 3 is 2.17 bits per heavy atom. The van der Waals surface area contributed by atoms with E-state index in [9.17, 15) is 22.8 Å². The number of halogens is 3. The lowest BCUT2D eigenvalue weighted by Gasteiger charge is -2.34. The maximum absolute atomic E-state index is 12.8. The third-order valence-corrected chi connectivity index (χ3v) is 4.53. The van der Waals surface area contributed by atoms with Gasteiger partial charge in [-0.05, 0) is 30.3 Å². The Morgan fingerprint density at radius 2 is 1.52 bits per heavy atom. The molecule has 2 N–H and O–H groups in total. The minimum absolute atomic E-state index is 0.0921. The van der Waals surface area contributed by atoms with Crippen molar-refractivity contribution in [3.63, 3.8) is 0 Å².